The molecule has 0 N–H and O–H groups in total. The van der Waals surface area contributed by atoms with Crippen LogP contribution in [0.4, 0.5) is 13.2 Å². The molecule has 2 nitrogen and oxygen atoms in total. The van der Waals surface area contributed by atoms with E-state index in [1.807, 2.05) is 6.08 Å². The number of hydrogen-bond acceptors (Lipinski definition) is 2. The minimum absolute atomic E-state index is 0.371. The molecule has 1 aromatic heterocycles. The van der Waals surface area contributed by atoms with Crippen LogP contribution in [0.15, 0.2) is 49.3 Å². The minimum Gasteiger partial charge on any atom is -0.371 e. The molecule has 2 rings (SSSR count). The molecule has 5 heteroatoms. The molecule has 1 fully saturated rings. The minimum atomic E-state index is -4.34. The molecule has 1 aromatic rings. The van der Waals surface area contributed by atoms with E-state index in [-0.39, 0.29) is 0 Å². The molecule has 1 saturated heterocycles. The van der Waals surface area contributed by atoms with Gasteiger partial charge in [-0.2, -0.15) is 13.2 Å². The molecule has 1 aliphatic rings. The number of nitrogens with zero attached hydrogens (tertiary/aromatic N) is 2. The predicted molar refractivity (Wildman–Crippen MR) is 72.7 cm³/mol. The highest BCUT2D eigenvalue weighted by atomic mass is 19.4. The van der Waals surface area contributed by atoms with Gasteiger partial charge in [-0.25, -0.2) is 0 Å². The maximum absolute atomic E-state index is 12.4. The van der Waals surface area contributed by atoms with Crippen molar-refractivity contribution >= 4 is 6.08 Å². The molecular weight excluding hydrogens is 265 g/mol. The summed E-state index contributed by atoms with van der Waals surface area (Å²) >= 11 is 0. The van der Waals surface area contributed by atoms with E-state index in [1.165, 1.54) is 6.07 Å². The Hall–Kier alpha value is -2.04. The van der Waals surface area contributed by atoms with Crippen LogP contribution in [0, 0.1) is 5.92 Å². The molecule has 0 amide bonds. The zero-order chi connectivity index (χ0) is 14.8. The van der Waals surface area contributed by atoms with Gasteiger partial charge in [-0.1, -0.05) is 19.2 Å². The first-order valence-corrected chi connectivity index (χ1v) is 6.18. The van der Waals surface area contributed by atoms with Crippen LogP contribution < -0.4 is 0 Å². The van der Waals surface area contributed by atoms with E-state index in [9.17, 15) is 13.2 Å². The van der Waals surface area contributed by atoms with Crippen molar-refractivity contribution in [1.29, 1.82) is 0 Å². The quantitative estimate of drug-likeness (QED) is 0.781. The van der Waals surface area contributed by atoms with Crippen LogP contribution in [0.2, 0.25) is 0 Å². The second-order valence-corrected chi connectivity index (χ2v) is 4.69. The third kappa shape index (κ3) is 3.29. The van der Waals surface area contributed by atoms with Crippen molar-refractivity contribution in [2.24, 2.45) is 5.92 Å². The van der Waals surface area contributed by atoms with E-state index in [1.54, 1.807) is 12.2 Å². The summed E-state index contributed by atoms with van der Waals surface area (Å²) < 4.78 is 37.1. The molecule has 0 unspecified atom stereocenters. The number of halogens is 3. The van der Waals surface area contributed by atoms with Gasteiger partial charge in [0.25, 0.3) is 0 Å². The molecule has 0 atom stereocenters. The lowest BCUT2D eigenvalue weighted by molar-refractivity contribution is -0.137. The summed E-state index contributed by atoms with van der Waals surface area (Å²) in [5, 5.41) is 0. The van der Waals surface area contributed by atoms with Gasteiger partial charge in [0.2, 0.25) is 0 Å². The van der Waals surface area contributed by atoms with E-state index < -0.39 is 11.7 Å². The Labute approximate surface area is 115 Å². The summed E-state index contributed by atoms with van der Waals surface area (Å²) in [6.45, 7) is 9.19. The Morgan fingerprint density at radius 1 is 1.35 bits per heavy atom. The van der Waals surface area contributed by atoms with Gasteiger partial charge in [-0.05, 0) is 24.3 Å². The molecule has 0 saturated carbocycles. The normalized spacial score (nSPS) is 16.2. The maximum atomic E-state index is 12.4. The van der Waals surface area contributed by atoms with E-state index in [2.05, 4.69) is 23.0 Å². The fourth-order valence-electron chi connectivity index (χ4n) is 1.90. The van der Waals surface area contributed by atoms with Crippen LogP contribution >= 0.6 is 0 Å². The number of aromatic nitrogens is 1. The SMILES string of the molecule is C=CC(=C)N1CC(/C=C/c2ccc(C(F)(F)F)cn2)C1. The van der Waals surface area contributed by atoms with Gasteiger partial charge in [-0.3, -0.25) is 4.98 Å². The van der Waals surface area contributed by atoms with Crippen LogP contribution in [-0.4, -0.2) is 23.0 Å². The van der Waals surface area contributed by atoms with Gasteiger partial charge in [0.05, 0.1) is 11.3 Å². The Balaban J connectivity index is 1.90. The third-order valence-electron chi connectivity index (χ3n) is 3.20. The van der Waals surface area contributed by atoms with E-state index in [4.69, 9.17) is 0 Å². The van der Waals surface area contributed by atoms with Crippen molar-refractivity contribution < 1.29 is 13.2 Å². The van der Waals surface area contributed by atoms with Gasteiger partial charge in [0.15, 0.2) is 0 Å². The van der Waals surface area contributed by atoms with Crippen LogP contribution in [-0.2, 0) is 6.18 Å². The van der Waals surface area contributed by atoms with Gasteiger partial charge in [0.1, 0.15) is 0 Å². The Morgan fingerprint density at radius 2 is 2.05 bits per heavy atom. The second kappa shape index (κ2) is 5.53. The lowest BCUT2D eigenvalue weighted by atomic mass is 9.98. The standard InChI is InChI=1S/C15H15F3N2/c1-3-11(2)20-9-12(10-20)4-6-14-7-5-13(8-19-14)15(16,17)18/h3-8,12H,1-2,9-10H2/b6-4+. The van der Waals surface area contributed by atoms with Gasteiger partial charge in [0, 0.05) is 30.9 Å². The van der Waals surface area contributed by atoms with E-state index >= 15 is 0 Å². The lowest BCUT2D eigenvalue weighted by Crippen LogP contribution is -2.44. The highest BCUT2D eigenvalue weighted by Crippen LogP contribution is 2.28. The summed E-state index contributed by atoms with van der Waals surface area (Å²) in [6, 6.07) is 2.41. The Bertz CT molecular complexity index is 523. The van der Waals surface area contributed by atoms with E-state index in [0.717, 1.165) is 31.0 Å². The summed E-state index contributed by atoms with van der Waals surface area (Å²) in [6.07, 6.45) is 1.93. The molecule has 0 aliphatic carbocycles. The van der Waals surface area contributed by atoms with Crippen LogP contribution in [0.3, 0.4) is 0 Å². The summed E-state index contributed by atoms with van der Waals surface area (Å²) in [5.74, 6) is 0.371. The Morgan fingerprint density at radius 3 is 2.55 bits per heavy atom. The molecule has 1 aliphatic heterocycles. The predicted octanol–water partition coefficient (Wildman–Crippen LogP) is 3.75. The summed E-state index contributed by atoms with van der Waals surface area (Å²) in [5.41, 5.74) is 0.688. The average molecular weight is 280 g/mol. The first-order chi connectivity index (χ1) is 9.40. The first-order valence-electron chi connectivity index (χ1n) is 6.18. The number of likely N-dealkylation sites (tertiary alicyclic amines) is 1. The van der Waals surface area contributed by atoms with Crippen molar-refractivity contribution in [2.45, 2.75) is 6.18 Å². The molecule has 106 valence electrons. The number of hydrogen-bond donors (Lipinski definition) is 0. The largest absolute Gasteiger partial charge is 0.417 e. The van der Waals surface area contributed by atoms with Crippen molar-refractivity contribution in [3.8, 4) is 0 Å². The van der Waals surface area contributed by atoms with Crippen molar-refractivity contribution in [3.05, 3.63) is 60.6 Å². The molecule has 0 bridgehead atoms. The fraction of sp³-hybridized carbons (Fsp3) is 0.267. The number of alkyl halides is 3. The lowest BCUT2D eigenvalue weighted by Gasteiger charge is -2.39. The van der Waals surface area contributed by atoms with Crippen LogP contribution in [0.5, 0.6) is 0 Å². The molecule has 2 heterocycles. The first kappa shape index (κ1) is 14.4. The zero-order valence-corrected chi connectivity index (χ0v) is 10.9. The monoisotopic (exact) mass is 280 g/mol. The topological polar surface area (TPSA) is 16.1 Å². The zero-order valence-electron chi connectivity index (χ0n) is 10.9. The highest BCUT2D eigenvalue weighted by molar-refractivity contribution is 5.45. The highest BCUT2D eigenvalue weighted by Gasteiger charge is 2.30. The number of pyridine rings is 1. The summed E-state index contributed by atoms with van der Waals surface area (Å²) in [4.78, 5) is 5.88. The van der Waals surface area contributed by atoms with Gasteiger partial charge < -0.3 is 4.90 Å². The number of rotatable bonds is 4. The van der Waals surface area contributed by atoms with Crippen molar-refractivity contribution in [1.82, 2.24) is 9.88 Å². The second-order valence-electron chi connectivity index (χ2n) is 4.69. The van der Waals surface area contributed by atoms with Crippen LogP contribution in [0.25, 0.3) is 6.08 Å². The smallest absolute Gasteiger partial charge is 0.371 e. The molecular formula is C15H15F3N2. The van der Waals surface area contributed by atoms with Gasteiger partial charge in [-0.15, -0.1) is 0 Å². The Kier molecular flexibility index (Phi) is 3.97. The fourth-order valence-corrected chi connectivity index (χ4v) is 1.90. The summed E-state index contributed by atoms with van der Waals surface area (Å²) in [7, 11) is 0. The van der Waals surface area contributed by atoms with Gasteiger partial charge >= 0.3 is 6.18 Å². The van der Waals surface area contributed by atoms with Crippen molar-refractivity contribution in [2.75, 3.05) is 13.1 Å². The van der Waals surface area contributed by atoms with Crippen LogP contribution in [0.1, 0.15) is 11.3 Å². The maximum Gasteiger partial charge on any atom is 0.417 e. The molecule has 0 radical (unpaired) electrons. The molecule has 0 aromatic carbocycles. The molecule has 0 spiro atoms. The number of allylic oxidation sites excluding steroid dienone is 1. The van der Waals surface area contributed by atoms with Crippen molar-refractivity contribution in [3.63, 3.8) is 0 Å². The molecule has 20 heavy (non-hydrogen) atoms. The average Bonchev–Trinajstić information content (AvgIpc) is 2.36. The third-order valence-corrected chi connectivity index (χ3v) is 3.20. The van der Waals surface area contributed by atoms with E-state index in [0.29, 0.717) is 11.6 Å².